The van der Waals surface area contributed by atoms with Gasteiger partial charge in [0.1, 0.15) is 11.4 Å². The Morgan fingerprint density at radius 1 is 1.11 bits per heavy atom. The number of carbonyl (C=O) groups excluding carboxylic acids is 2. The van der Waals surface area contributed by atoms with Crippen molar-refractivity contribution in [3.8, 4) is 0 Å². The van der Waals surface area contributed by atoms with E-state index in [1.54, 1.807) is 33.9 Å². The van der Waals surface area contributed by atoms with Gasteiger partial charge in [0.05, 0.1) is 17.5 Å². The van der Waals surface area contributed by atoms with Crippen LogP contribution in [0.25, 0.3) is 10.9 Å². The second kappa shape index (κ2) is 10.8. The van der Waals surface area contributed by atoms with Crippen molar-refractivity contribution in [3.05, 3.63) is 64.1 Å². The highest BCUT2D eigenvalue weighted by molar-refractivity contribution is 5.98. The summed E-state index contributed by atoms with van der Waals surface area (Å²) in [6.07, 6.45) is 5.89. The van der Waals surface area contributed by atoms with Crippen molar-refractivity contribution in [2.45, 2.75) is 39.7 Å². The molecule has 1 aliphatic rings. The third-order valence-electron chi connectivity index (χ3n) is 6.44. The molecule has 1 fully saturated rings. The molecule has 1 saturated heterocycles. The predicted molar refractivity (Wildman–Crippen MR) is 133 cm³/mol. The van der Waals surface area contributed by atoms with Crippen molar-refractivity contribution in [2.75, 3.05) is 37.6 Å². The number of nitrogens with one attached hydrogen (secondary N) is 1. The minimum Gasteiger partial charge on any atom is -0.459 e. The number of benzene rings is 1. The molecule has 0 unspecified atom stereocenters. The molecular weight excluding hydrogens is 451 g/mol. The zero-order valence-electron chi connectivity index (χ0n) is 20.2. The molecule has 2 amide bonds. The number of carbonyl (C=O) groups is 2. The largest absolute Gasteiger partial charge is 0.459 e. The predicted octanol–water partition coefficient (Wildman–Crippen LogP) is 3.64. The summed E-state index contributed by atoms with van der Waals surface area (Å²) < 4.78 is 22.2. The Labute approximate surface area is 203 Å². The molecule has 8 nitrogen and oxygen atoms in total. The van der Waals surface area contributed by atoms with Crippen molar-refractivity contribution in [1.82, 2.24) is 14.8 Å². The number of fused-ring (bicyclic) bond motifs is 1. The number of hydrogen-bond donors (Lipinski definition) is 1. The van der Waals surface area contributed by atoms with E-state index in [0.717, 1.165) is 19.3 Å². The Bertz CT molecular complexity index is 1260. The summed E-state index contributed by atoms with van der Waals surface area (Å²) in [5.74, 6) is -0.859. The third-order valence-corrected chi connectivity index (χ3v) is 6.44. The SMILES string of the molecule is CCCCCNC(=O)c1cn(CC)c2cc(N3CCN(C(=O)c4ccco4)CC3)c(F)cc2c1=O. The molecule has 186 valence electrons. The van der Waals surface area contributed by atoms with Crippen molar-refractivity contribution in [3.63, 3.8) is 0 Å². The van der Waals surface area contributed by atoms with Gasteiger partial charge >= 0.3 is 0 Å². The van der Waals surface area contributed by atoms with Crippen LogP contribution in [-0.2, 0) is 6.54 Å². The minimum atomic E-state index is -0.524. The molecule has 3 aromatic rings. The lowest BCUT2D eigenvalue weighted by Crippen LogP contribution is -2.49. The van der Waals surface area contributed by atoms with Gasteiger partial charge in [0.15, 0.2) is 5.76 Å². The Kier molecular flexibility index (Phi) is 7.53. The van der Waals surface area contributed by atoms with Crippen molar-refractivity contribution < 1.29 is 18.4 Å². The number of unbranched alkanes of at least 4 members (excludes halogenated alkanes) is 2. The molecule has 1 aliphatic heterocycles. The summed E-state index contributed by atoms with van der Waals surface area (Å²) in [5, 5.41) is 2.98. The standard InChI is InChI=1S/C26H31FN4O4/c1-3-5-6-9-28-25(33)19-17-29(4-2)21-16-22(20(27)15-18(21)24(19)32)30-10-12-31(13-11-30)26(34)23-8-7-14-35-23/h7-8,14-17H,3-6,9-13H2,1-2H3,(H,28,33). The van der Waals surface area contributed by atoms with Gasteiger partial charge in [0.2, 0.25) is 5.43 Å². The number of rotatable bonds is 8. The maximum absolute atomic E-state index is 15.2. The van der Waals surface area contributed by atoms with E-state index >= 15 is 4.39 Å². The number of halogens is 1. The molecule has 3 heterocycles. The zero-order chi connectivity index (χ0) is 24.9. The zero-order valence-corrected chi connectivity index (χ0v) is 20.2. The van der Waals surface area contributed by atoms with Gasteiger partial charge in [-0.05, 0) is 37.6 Å². The van der Waals surface area contributed by atoms with Crippen molar-refractivity contribution >= 4 is 28.4 Å². The van der Waals surface area contributed by atoms with E-state index in [1.165, 1.54) is 12.3 Å². The van der Waals surface area contributed by atoms with Gasteiger partial charge < -0.3 is 24.1 Å². The van der Waals surface area contributed by atoms with Gasteiger partial charge in [-0.1, -0.05) is 19.8 Å². The number of piperazine rings is 1. The van der Waals surface area contributed by atoms with E-state index in [1.807, 2.05) is 11.8 Å². The third kappa shape index (κ3) is 5.08. The first-order chi connectivity index (χ1) is 16.9. The lowest BCUT2D eigenvalue weighted by Gasteiger charge is -2.36. The Balaban J connectivity index is 1.57. The molecule has 0 bridgehead atoms. The fourth-order valence-corrected chi connectivity index (χ4v) is 4.44. The lowest BCUT2D eigenvalue weighted by molar-refractivity contribution is 0.0714. The minimum absolute atomic E-state index is 0.0213. The molecule has 35 heavy (non-hydrogen) atoms. The van der Waals surface area contributed by atoms with Crippen LogP contribution in [0.5, 0.6) is 0 Å². The Morgan fingerprint density at radius 3 is 2.54 bits per heavy atom. The van der Waals surface area contributed by atoms with Crippen LogP contribution in [0.4, 0.5) is 10.1 Å². The normalized spacial score (nSPS) is 13.9. The summed E-state index contributed by atoms with van der Waals surface area (Å²) in [6, 6.07) is 6.19. The number of aromatic nitrogens is 1. The molecule has 2 aromatic heterocycles. The first kappa shape index (κ1) is 24.5. The second-order valence-electron chi connectivity index (χ2n) is 8.70. The summed E-state index contributed by atoms with van der Waals surface area (Å²) in [6.45, 7) is 6.75. The van der Waals surface area contributed by atoms with Gasteiger partial charge in [-0.2, -0.15) is 0 Å². The molecule has 0 radical (unpaired) electrons. The summed E-state index contributed by atoms with van der Waals surface area (Å²) in [5.41, 5.74) is 0.497. The summed E-state index contributed by atoms with van der Waals surface area (Å²) in [4.78, 5) is 41.8. The Hall–Kier alpha value is -3.62. The monoisotopic (exact) mass is 482 g/mol. The fourth-order valence-electron chi connectivity index (χ4n) is 4.44. The van der Waals surface area contributed by atoms with Crippen LogP contribution in [0.15, 0.2) is 45.9 Å². The number of pyridine rings is 1. The van der Waals surface area contributed by atoms with Crippen molar-refractivity contribution in [1.29, 1.82) is 0 Å². The van der Waals surface area contributed by atoms with Gasteiger partial charge in [-0.3, -0.25) is 14.4 Å². The van der Waals surface area contributed by atoms with Crippen LogP contribution >= 0.6 is 0 Å². The molecule has 0 saturated carbocycles. The Morgan fingerprint density at radius 2 is 1.89 bits per heavy atom. The number of amides is 2. The van der Waals surface area contributed by atoms with Gasteiger partial charge in [-0.15, -0.1) is 0 Å². The molecule has 0 aliphatic carbocycles. The van der Waals surface area contributed by atoms with E-state index in [2.05, 4.69) is 12.2 Å². The lowest BCUT2D eigenvalue weighted by atomic mass is 10.1. The highest BCUT2D eigenvalue weighted by Crippen LogP contribution is 2.26. The number of anilines is 1. The average molecular weight is 483 g/mol. The van der Waals surface area contributed by atoms with Crippen LogP contribution in [-0.4, -0.2) is 54.0 Å². The smallest absolute Gasteiger partial charge is 0.289 e. The van der Waals surface area contributed by atoms with E-state index in [4.69, 9.17) is 4.42 Å². The van der Waals surface area contributed by atoms with E-state index in [9.17, 15) is 14.4 Å². The number of nitrogens with zero attached hydrogens (tertiary/aromatic N) is 3. The summed E-state index contributed by atoms with van der Waals surface area (Å²) >= 11 is 0. The molecule has 1 N–H and O–H groups in total. The number of aryl methyl sites for hydroxylation is 1. The maximum atomic E-state index is 15.2. The quantitative estimate of drug-likeness (QED) is 0.496. The fraction of sp³-hybridized carbons (Fsp3) is 0.423. The van der Waals surface area contributed by atoms with Crippen LogP contribution < -0.4 is 15.6 Å². The molecule has 1 aromatic carbocycles. The van der Waals surface area contributed by atoms with Gasteiger partial charge in [0.25, 0.3) is 11.8 Å². The van der Waals surface area contributed by atoms with E-state index < -0.39 is 17.2 Å². The second-order valence-corrected chi connectivity index (χ2v) is 8.70. The highest BCUT2D eigenvalue weighted by Gasteiger charge is 2.26. The van der Waals surface area contributed by atoms with Crippen LogP contribution in [0.1, 0.15) is 54.0 Å². The molecule has 0 spiro atoms. The van der Waals surface area contributed by atoms with Crippen LogP contribution in [0, 0.1) is 5.82 Å². The van der Waals surface area contributed by atoms with E-state index in [-0.39, 0.29) is 22.6 Å². The van der Waals surface area contributed by atoms with Crippen LogP contribution in [0.2, 0.25) is 0 Å². The average Bonchev–Trinajstić information content (AvgIpc) is 3.41. The molecule has 4 rings (SSSR count). The van der Waals surface area contributed by atoms with E-state index in [0.29, 0.717) is 50.5 Å². The van der Waals surface area contributed by atoms with Crippen LogP contribution in [0.3, 0.4) is 0 Å². The first-order valence-electron chi connectivity index (χ1n) is 12.2. The van der Waals surface area contributed by atoms with Gasteiger partial charge in [0, 0.05) is 50.9 Å². The molecule has 9 heteroatoms. The summed E-state index contributed by atoms with van der Waals surface area (Å²) in [7, 11) is 0. The van der Waals surface area contributed by atoms with Gasteiger partial charge in [-0.25, -0.2) is 4.39 Å². The molecule has 0 atom stereocenters. The maximum Gasteiger partial charge on any atom is 0.289 e. The topological polar surface area (TPSA) is 87.8 Å². The highest BCUT2D eigenvalue weighted by atomic mass is 19.1. The first-order valence-corrected chi connectivity index (χ1v) is 12.2. The number of furan rings is 1. The van der Waals surface area contributed by atoms with Crippen molar-refractivity contribution in [2.24, 2.45) is 0 Å². The number of hydrogen-bond acceptors (Lipinski definition) is 5. The molecular formula is C26H31FN4O4.